The number of hydrogen-bond acceptors (Lipinski definition) is 3. The number of nitrogens with one attached hydrogen (secondary N) is 1. The molecule has 0 bridgehead atoms. The van der Waals surface area contributed by atoms with Crippen molar-refractivity contribution in [1.29, 1.82) is 0 Å². The Morgan fingerprint density at radius 3 is 2.24 bits per heavy atom. The van der Waals surface area contributed by atoms with E-state index in [4.69, 9.17) is 10.2 Å². The molecular formula is C12H23NO4. The van der Waals surface area contributed by atoms with Gasteiger partial charge in [0, 0.05) is 25.5 Å². The molecule has 0 spiro atoms. The fraction of sp³-hybridized carbons (Fsp3) is 0.833. The van der Waals surface area contributed by atoms with Crippen LogP contribution in [0, 0.1) is 5.41 Å². The highest BCUT2D eigenvalue weighted by molar-refractivity contribution is 5.77. The Morgan fingerprint density at radius 2 is 1.82 bits per heavy atom. The lowest BCUT2D eigenvalue weighted by Crippen LogP contribution is -2.44. The molecule has 0 aromatic carbocycles. The quantitative estimate of drug-likeness (QED) is 0.628. The largest absolute Gasteiger partial charge is 0.481 e. The van der Waals surface area contributed by atoms with Gasteiger partial charge in [-0.15, -0.1) is 0 Å². The molecule has 1 atom stereocenters. The number of aliphatic carboxylic acids is 1. The molecule has 0 heterocycles. The van der Waals surface area contributed by atoms with E-state index in [0.29, 0.717) is 12.8 Å². The second kappa shape index (κ2) is 7.27. The zero-order valence-corrected chi connectivity index (χ0v) is 10.8. The van der Waals surface area contributed by atoms with E-state index in [-0.39, 0.29) is 36.8 Å². The summed E-state index contributed by atoms with van der Waals surface area (Å²) in [5.74, 6) is -1.04. The highest BCUT2D eigenvalue weighted by atomic mass is 16.4. The van der Waals surface area contributed by atoms with Crippen molar-refractivity contribution >= 4 is 11.9 Å². The van der Waals surface area contributed by atoms with E-state index in [1.54, 1.807) is 0 Å². The maximum Gasteiger partial charge on any atom is 0.303 e. The predicted molar refractivity (Wildman–Crippen MR) is 64.6 cm³/mol. The van der Waals surface area contributed by atoms with Crippen molar-refractivity contribution in [3.8, 4) is 0 Å². The minimum absolute atomic E-state index is 0.00754. The summed E-state index contributed by atoms with van der Waals surface area (Å²) in [7, 11) is 0. The molecular weight excluding hydrogens is 222 g/mol. The van der Waals surface area contributed by atoms with Gasteiger partial charge in [0.15, 0.2) is 0 Å². The average Bonchev–Trinajstić information content (AvgIpc) is 2.15. The predicted octanol–water partition coefficient (Wildman–Crippen LogP) is 1.15. The second-order valence-electron chi connectivity index (χ2n) is 5.25. The van der Waals surface area contributed by atoms with Crippen molar-refractivity contribution < 1.29 is 19.8 Å². The van der Waals surface area contributed by atoms with Crippen LogP contribution in [0.2, 0.25) is 0 Å². The van der Waals surface area contributed by atoms with Crippen molar-refractivity contribution in [2.75, 3.05) is 6.61 Å². The number of rotatable bonds is 7. The standard InChI is InChI=1S/C12H23NO4/c1-12(2,3)9(7-8-14)13-10(15)5-4-6-11(16)17/h9,14H,4-8H2,1-3H3,(H,13,15)(H,16,17). The molecule has 0 radical (unpaired) electrons. The lowest BCUT2D eigenvalue weighted by molar-refractivity contribution is -0.137. The van der Waals surface area contributed by atoms with Crippen molar-refractivity contribution in [2.24, 2.45) is 5.41 Å². The van der Waals surface area contributed by atoms with Crippen LogP contribution >= 0.6 is 0 Å². The van der Waals surface area contributed by atoms with Gasteiger partial charge in [0.25, 0.3) is 0 Å². The Hall–Kier alpha value is -1.10. The minimum Gasteiger partial charge on any atom is -0.481 e. The Balaban J connectivity index is 4.09. The first-order valence-electron chi connectivity index (χ1n) is 5.89. The van der Waals surface area contributed by atoms with E-state index in [9.17, 15) is 9.59 Å². The first-order valence-corrected chi connectivity index (χ1v) is 5.89. The minimum atomic E-state index is -0.888. The van der Waals surface area contributed by atoms with Crippen LogP contribution in [0.5, 0.6) is 0 Å². The van der Waals surface area contributed by atoms with Gasteiger partial charge in [-0.2, -0.15) is 0 Å². The van der Waals surface area contributed by atoms with Gasteiger partial charge in [-0.3, -0.25) is 9.59 Å². The maximum absolute atomic E-state index is 11.6. The molecule has 100 valence electrons. The summed E-state index contributed by atoms with van der Waals surface area (Å²) in [5, 5.41) is 20.2. The van der Waals surface area contributed by atoms with Crippen molar-refractivity contribution in [3.63, 3.8) is 0 Å². The molecule has 0 aliphatic heterocycles. The molecule has 0 aliphatic carbocycles. The normalized spacial score (nSPS) is 13.2. The molecule has 5 heteroatoms. The molecule has 0 saturated heterocycles. The number of hydrogen-bond donors (Lipinski definition) is 3. The van der Waals surface area contributed by atoms with Crippen LogP contribution in [-0.4, -0.2) is 34.7 Å². The van der Waals surface area contributed by atoms with Crippen LogP contribution in [0.1, 0.15) is 46.5 Å². The third-order valence-electron chi connectivity index (χ3n) is 2.59. The van der Waals surface area contributed by atoms with Crippen LogP contribution in [0.25, 0.3) is 0 Å². The fourth-order valence-corrected chi connectivity index (χ4v) is 1.52. The van der Waals surface area contributed by atoms with E-state index >= 15 is 0 Å². The molecule has 0 aliphatic rings. The number of carboxylic acids is 1. The molecule has 1 amide bonds. The van der Waals surface area contributed by atoms with Crippen molar-refractivity contribution in [2.45, 2.75) is 52.5 Å². The Labute approximate surface area is 102 Å². The Kier molecular flexibility index (Phi) is 6.80. The SMILES string of the molecule is CC(C)(C)C(CCO)NC(=O)CCCC(=O)O. The number of carbonyl (C=O) groups excluding carboxylic acids is 1. The number of amides is 1. The summed E-state index contributed by atoms with van der Waals surface area (Å²) >= 11 is 0. The van der Waals surface area contributed by atoms with Gasteiger partial charge >= 0.3 is 5.97 Å². The molecule has 0 rings (SSSR count). The molecule has 0 aromatic heterocycles. The average molecular weight is 245 g/mol. The summed E-state index contributed by atoms with van der Waals surface area (Å²) in [4.78, 5) is 21.9. The zero-order valence-electron chi connectivity index (χ0n) is 10.8. The van der Waals surface area contributed by atoms with Gasteiger partial charge in [0.05, 0.1) is 0 Å². The third kappa shape index (κ3) is 7.74. The number of aliphatic hydroxyl groups is 1. The lowest BCUT2D eigenvalue weighted by atomic mass is 9.85. The first-order chi connectivity index (χ1) is 7.77. The van der Waals surface area contributed by atoms with Crippen LogP contribution in [0.4, 0.5) is 0 Å². The van der Waals surface area contributed by atoms with E-state index in [1.165, 1.54) is 0 Å². The van der Waals surface area contributed by atoms with E-state index in [2.05, 4.69) is 5.32 Å². The number of aliphatic hydroxyl groups excluding tert-OH is 1. The Bertz CT molecular complexity index is 258. The van der Waals surface area contributed by atoms with Gasteiger partial charge in [0.2, 0.25) is 5.91 Å². The number of carboxylic acid groups (broad SMARTS) is 1. The van der Waals surface area contributed by atoms with E-state index in [0.717, 1.165) is 0 Å². The Morgan fingerprint density at radius 1 is 1.24 bits per heavy atom. The molecule has 0 fully saturated rings. The molecule has 5 nitrogen and oxygen atoms in total. The smallest absolute Gasteiger partial charge is 0.303 e. The summed E-state index contributed by atoms with van der Waals surface area (Å²) in [6, 6.07) is -0.0928. The van der Waals surface area contributed by atoms with Gasteiger partial charge in [-0.25, -0.2) is 0 Å². The fourth-order valence-electron chi connectivity index (χ4n) is 1.52. The molecule has 0 aromatic rings. The highest BCUT2D eigenvalue weighted by Crippen LogP contribution is 2.21. The maximum atomic E-state index is 11.6. The van der Waals surface area contributed by atoms with Crippen LogP contribution in [0.3, 0.4) is 0 Å². The summed E-state index contributed by atoms with van der Waals surface area (Å²) in [6.45, 7) is 6.00. The molecule has 0 saturated carbocycles. The van der Waals surface area contributed by atoms with Gasteiger partial charge in [0.1, 0.15) is 0 Å². The lowest BCUT2D eigenvalue weighted by Gasteiger charge is -2.31. The van der Waals surface area contributed by atoms with Gasteiger partial charge in [-0.05, 0) is 18.3 Å². The topological polar surface area (TPSA) is 86.6 Å². The zero-order chi connectivity index (χ0) is 13.5. The van der Waals surface area contributed by atoms with Crippen molar-refractivity contribution in [3.05, 3.63) is 0 Å². The molecule has 3 N–H and O–H groups in total. The van der Waals surface area contributed by atoms with Crippen molar-refractivity contribution in [1.82, 2.24) is 5.32 Å². The van der Waals surface area contributed by atoms with E-state index < -0.39 is 5.97 Å². The summed E-state index contributed by atoms with van der Waals surface area (Å²) in [6.07, 6.45) is 1.07. The van der Waals surface area contributed by atoms with Crippen LogP contribution in [-0.2, 0) is 9.59 Å². The third-order valence-corrected chi connectivity index (χ3v) is 2.59. The van der Waals surface area contributed by atoms with Crippen LogP contribution in [0.15, 0.2) is 0 Å². The van der Waals surface area contributed by atoms with Gasteiger partial charge < -0.3 is 15.5 Å². The molecule has 1 unspecified atom stereocenters. The van der Waals surface area contributed by atoms with E-state index in [1.807, 2.05) is 20.8 Å². The summed E-state index contributed by atoms with van der Waals surface area (Å²) in [5.41, 5.74) is -0.120. The summed E-state index contributed by atoms with van der Waals surface area (Å²) < 4.78 is 0. The first kappa shape index (κ1) is 15.9. The highest BCUT2D eigenvalue weighted by Gasteiger charge is 2.25. The van der Waals surface area contributed by atoms with Gasteiger partial charge in [-0.1, -0.05) is 20.8 Å². The number of carbonyl (C=O) groups is 2. The molecule has 17 heavy (non-hydrogen) atoms. The second-order valence-corrected chi connectivity index (χ2v) is 5.25. The monoisotopic (exact) mass is 245 g/mol. The van der Waals surface area contributed by atoms with Crippen LogP contribution < -0.4 is 5.32 Å².